The molecule has 0 N–H and O–H groups in total. The van der Waals surface area contributed by atoms with Crippen molar-refractivity contribution in [2.24, 2.45) is 0 Å². The van der Waals surface area contributed by atoms with Gasteiger partial charge in [0.25, 0.3) is 11.8 Å². The molecule has 2 aromatic rings. The van der Waals surface area contributed by atoms with Crippen molar-refractivity contribution in [1.82, 2.24) is 5.06 Å². The molecule has 0 fully saturated rings. The molecule has 0 atom stereocenters. The van der Waals surface area contributed by atoms with Crippen LogP contribution >= 0.6 is 0 Å². The molecular weight excluding hydrogens is 459 g/mol. The van der Waals surface area contributed by atoms with Gasteiger partial charge in [-0.1, -0.05) is 12.1 Å². The molecule has 1 aliphatic rings. The maximum absolute atomic E-state index is 12.7. The number of ether oxygens (including phenoxy) is 3. The molecule has 0 aromatic heterocycles. The van der Waals surface area contributed by atoms with Gasteiger partial charge in [-0.2, -0.15) is 21.6 Å². The number of carbonyl (C=O) groups is 2. The molecule has 9 nitrogen and oxygen atoms in total. The summed E-state index contributed by atoms with van der Waals surface area (Å²) in [5.74, 6) is -2.40. The van der Waals surface area contributed by atoms with Crippen LogP contribution in [0.4, 0.5) is 13.2 Å². The van der Waals surface area contributed by atoms with Crippen molar-refractivity contribution in [3.63, 3.8) is 0 Å². The number of hydrogen-bond acceptors (Lipinski definition) is 8. The number of amides is 2. The van der Waals surface area contributed by atoms with Gasteiger partial charge in [-0.25, -0.2) is 0 Å². The number of alkyl halides is 3. The molecule has 2 aromatic carbocycles. The molecular formula is C19H18F3NO8S. The van der Waals surface area contributed by atoms with Crippen molar-refractivity contribution < 1.29 is 49.7 Å². The SMILES string of the molecule is CCOCCOCCOc1ccc2c3c(cccc13)C(=O)N(OS(=O)(=O)C(F)(F)F)C2=O. The summed E-state index contributed by atoms with van der Waals surface area (Å²) in [5.41, 5.74) is -6.25. The first-order valence-corrected chi connectivity index (χ1v) is 10.7. The van der Waals surface area contributed by atoms with Crippen LogP contribution in [0.1, 0.15) is 27.6 Å². The predicted octanol–water partition coefficient (Wildman–Crippen LogP) is 2.65. The van der Waals surface area contributed by atoms with Crippen molar-refractivity contribution in [2.75, 3.05) is 33.0 Å². The van der Waals surface area contributed by atoms with Crippen LogP contribution < -0.4 is 4.74 Å². The standard InChI is InChI=1S/C19H18F3NO8S/c1-2-28-8-9-29-10-11-30-15-7-6-14-16-12(15)4-3-5-13(16)17(24)23(18(14)25)31-32(26,27)19(20,21)22/h3-7H,2,8-11H2,1H3. The summed E-state index contributed by atoms with van der Waals surface area (Å²) in [5, 5.41) is 0.0445. The van der Waals surface area contributed by atoms with Gasteiger partial charge in [0.15, 0.2) is 0 Å². The third kappa shape index (κ3) is 4.70. The Morgan fingerprint density at radius 3 is 2.19 bits per heavy atom. The molecule has 2 amide bonds. The van der Waals surface area contributed by atoms with E-state index in [4.69, 9.17) is 14.2 Å². The molecule has 0 spiro atoms. The minimum absolute atomic E-state index is 0.113. The van der Waals surface area contributed by atoms with Crippen LogP contribution in [0.25, 0.3) is 10.8 Å². The van der Waals surface area contributed by atoms with E-state index in [1.54, 1.807) is 6.07 Å². The fraction of sp³-hybridized carbons (Fsp3) is 0.368. The number of halogens is 3. The number of hydroxylamine groups is 2. The number of imide groups is 1. The zero-order chi connectivity index (χ0) is 23.5. The van der Waals surface area contributed by atoms with Gasteiger partial charge in [-0.3, -0.25) is 9.59 Å². The van der Waals surface area contributed by atoms with Crippen molar-refractivity contribution in [2.45, 2.75) is 12.4 Å². The van der Waals surface area contributed by atoms with E-state index in [0.717, 1.165) is 0 Å². The fourth-order valence-electron chi connectivity index (χ4n) is 2.96. The molecule has 32 heavy (non-hydrogen) atoms. The average molecular weight is 477 g/mol. The number of carbonyl (C=O) groups excluding carboxylic acids is 2. The van der Waals surface area contributed by atoms with Crippen molar-refractivity contribution in [1.29, 1.82) is 0 Å². The van der Waals surface area contributed by atoms with E-state index in [-0.39, 0.29) is 29.7 Å². The average Bonchev–Trinajstić information content (AvgIpc) is 2.74. The summed E-state index contributed by atoms with van der Waals surface area (Å²) in [4.78, 5) is 25.2. The number of benzene rings is 2. The fourth-order valence-corrected chi connectivity index (χ4v) is 3.37. The van der Waals surface area contributed by atoms with Crippen LogP contribution in [0, 0.1) is 0 Å². The second-order valence-corrected chi connectivity index (χ2v) is 7.90. The third-order valence-electron chi connectivity index (χ3n) is 4.35. The highest BCUT2D eigenvalue weighted by Gasteiger charge is 2.51. The monoisotopic (exact) mass is 477 g/mol. The zero-order valence-electron chi connectivity index (χ0n) is 16.7. The van der Waals surface area contributed by atoms with Gasteiger partial charge >= 0.3 is 15.6 Å². The Hall–Kier alpha value is -2.74. The molecule has 0 aliphatic carbocycles. The summed E-state index contributed by atoms with van der Waals surface area (Å²) in [7, 11) is -6.23. The summed E-state index contributed by atoms with van der Waals surface area (Å²) in [6.07, 6.45) is 0. The molecule has 13 heteroatoms. The van der Waals surface area contributed by atoms with Gasteiger partial charge in [0, 0.05) is 17.4 Å². The molecule has 174 valence electrons. The smallest absolute Gasteiger partial charge is 0.491 e. The van der Waals surface area contributed by atoms with Crippen LogP contribution in [0.15, 0.2) is 30.3 Å². The Morgan fingerprint density at radius 1 is 0.906 bits per heavy atom. The Labute approximate surface area is 180 Å². The molecule has 0 saturated carbocycles. The molecule has 0 radical (unpaired) electrons. The minimum Gasteiger partial charge on any atom is -0.491 e. The predicted molar refractivity (Wildman–Crippen MR) is 103 cm³/mol. The lowest BCUT2D eigenvalue weighted by atomic mass is 9.94. The summed E-state index contributed by atoms with van der Waals surface area (Å²) in [6.45, 7) is 3.63. The second kappa shape index (κ2) is 9.40. The van der Waals surface area contributed by atoms with Crippen LogP contribution in [0.5, 0.6) is 5.75 Å². The lowest BCUT2D eigenvalue weighted by molar-refractivity contribution is -0.0761. The Morgan fingerprint density at radius 2 is 1.53 bits per heavy atom. The largest absolute Gasteiger partial charge is 0.525 e. The molecule has 0 bridgehead atoms. The molecule has 0 saturated heterocycles. The molecule has 3 rings (SSSR count). The van der Waals surface area contributed by atoms with Crippen LogP contribution in [-0.2, 0) is 23.9 Å². The van der Waals surface area contributed by atoms with Gasteiger partial charge in [-0.05, 0) is 25.1 Å². The van der Waals surface area contributed by atoms with Crippen LogP contribution in [-0.4, -0.2) is 63.8 Å². The highest BCUT2D eigenvalue weighted by molar-refractivity contribution is 7.87. The Kier molecular flexibility index (Phi) is 7.03. The summed E-state index contributed by atoms with van der Waals surface area (Å²) >= 11 is 0. The lowest BCUT2D eigenvalue weighted by Gasteiger charge is -2.26. The van der Waals surface area contributed by atoms with E-state index in [2.05, 4.69) is 4.28 Å². The van der Waals surface area contributed by atoms with Gasteiger partial charge in [0.05, 0.1) is 30.9 Å². The summed E-state index contributed by atoms with van der Waals surface area (Å²) in [6, 6.07) is 6.79. The highest BCUT2D eigenvalue weighted by Crippen LogP contribution is 2.37. The van der Waals surface area contributed by atoms with E-state index in [1.165, 1.54) is 24.3 Å². The van der Waals surface area contributed by atoms with E-state index < -0.39 is 32.5 Å². The first-order chi connectivity index (χ1) is 15.1. The normalized spacial score (nSPS) is 14.3. The Balaban J connectivity index is 1.84. The van der Waals surface area contributed by atoms with Crippen molar-refractivity contribution in [3.05, 3.63) is 41.5 Å². The lowest BCUT2D eigenvalue weighted by Crippen LogP contribution is -2.44. The molecule has 0 unspecified atom stereocenters. The zero-order valence-corrected chi connectivity index (χ0v) is 17.5. The van der Waals surface area contributed by atoms with Gasteiger partial charge in [0.2, 0.25) is 0 Å². The number of hydrogen-bond donors (Lipinski definition) is 0. The maximum Gasteiger partial charge on any atom is 0.525 e. The van der Waals surface area contributed by atoms with Gasteiger partial charge in [-0.15, -0.1) is 9.35 Å². The van der Waals surface area contributed by atoms with Crippen molar-refractivity contribution >= 4 is 32.7 Å². The van der Waals surface area contributed by atoms with E-state index in [9.17, 15) is 31.2 Å². The van der Waals surface area contributed by atoms with Gasteiger partial charge in [0.1, 0.15) is 12.4 Å². The van der Waals surface area contributed by atoms with E-state index in [0.29, 0.717) is 31.0 Å². The van der Waals surface area contributed by atoms with Crippen LogP contribution in [0.3, 0.4) is 0 Å². The first-order valence-electron chi connectivity index (χ1n) is 9.32. The van der Waals surface area contributed by atoms with Gasteiger partial charge < -0.3 is 14.2 Å². The first kappa shape index (κ1) is 23.9. The molecule has 1 aliphatic heterocycles. The highest BCUT2D eigenvalue weighted by atomic mass is 32.2. The number of nitrogens with zero attached hydrogens (tertiary/aromatic N) is 1. The quantitative estimate of drug-likeness (QED) is 0.292. The Bertz CT molecular complexity index is 1110. The molecule has 1 heterocycles. The van der Waals surface area contributed by atoms with E-state index in [1.807, 2.05) is 6.92 Å². The van der Waals surface area contributed by atoms with Crippen molar-refractivity contribution in [3.8, 4) is 5.75 Å². The minimum atomic E-state index is -6.23. The van der Waals surface area contributed by atoms with Crippen LogP contribution in [0.2, 0.25) is 0 Å². The topological polar surface area (TPSA) is 108 Å². The van der Waals surface area contributed by atoms with E-state index >= 15 is 0 Å². The second-order valence-electron chi connectivity index (χ2n) is 6.38. The number of rotatable bonds is 10. The summed E-state index contributed by atoms with van der Waals surface area (Å²) < 4.78 is 80.6. The maximum atomic E-state index is 12.7. The third-order valence-corrected chi connectivity index (χ3v) is 5.26.